The van der Waals surface area contributed by atoms with Crippen molar-refractivity contribution in [2.24, 2.45) is 0 Å². The van der Waals surface area contributed by atoms with Crippen LogP contribution in [0.3, 0.4) is 0 Å². The summed E-state index contributed by atoms with van der Waals surface area (Å²) in [7, 11) is -5.82. The van der Waals surface area contributed by atoms with Crippen molar-refractivity contribution < 1.29 is 26.0 Å². The van der Waals surface area contributed by atoms with Gasteiger partial charge in [-0.3, -0.25) is 0 Å². The third-order valence-corrected chi connectivity index (χ3v) is 8.99. The van der Waals surface area contributed by atoms with Crippen molar-refractivity contribution in [1.29, 1.82) is 0 Å². The third kappa shape index (κ3) is 4.71. The van der Waals surface area contributed by atoms with Crippen molar-refractivity contribution in [2.45, 2.75) is 22.6 Å². The molecule has 0 spiro atoms. The number of nitrogens with one attached hydrogen (secondary N) is 1. The van der Waals surface area contributed by atoms with E-state index in [1.807, 2.05) is 0 Å². The molecule has 0 aromatic heterocycles. The summed E-state index contributed by atoms with van der Waals surface area (Å²) in [5.74, 6) is -0.442. The van der Waals surface area contributed by atoms with E-state index in [0.29, 0.717) is 18.7 Å². The fraction of sp³-hybridized carbons (Fsp3) is 0.368. The molecule has 1 fully saturated rings. The molecule has 0 aliphatic carbocycles. The van der Waals surface area contributed by atoms with Gasteiger partial charge in [0, 0.05) is 6.04 Å². The molecule has 6 nitrogen and oxygen atoms in total. The van der Waals surface area contributed by atoms with Crippen molar-refractivity contribution in [3.8, 4) is 5.75 Å². The number of sulfone groups is 2. The van der Waals surface area contributed by atoms with Gasteiger partial charge in [0.25, 0.3) is 0 Å². The number of halogens is 1. The van der Waals surface area contributed by atoms with Crippen LogP contribution in [-0.4, -0.2) is 53.3 Å². The van der Waals surface area contributed by atoms with Gasteiger partial charge in [-0.25, -0.2) is 21.2 Å². The van der Waals surface area contributed by atoms with Crippen molar-refractivity contribution in [2.75, 3.05) is 25.2 Å². The molecule has 2 aromatic rings. The summed E-state index contributed by atoms with van der Waals surface area (Å²) in [5.41, 5.74) is 0.879. The summed E-state index contributed by atoms with van der Waals surface area (Å²) in [6.45, 7) is 0.389. The number of rotatable bonds is 7. The Morgan fingerprint density at radius 1 is 1.07 bits per heavy atom. The zero-order valence-corrected chi connectivity index (χ0v) is 17.0. The maximum absolute atomic E-state index is 13.0. The molecule has 0 saturated carbocycles. The summed E-state index contributed by atoms with van der Waals surface area (Å²) in [6.07, 6.45) is 0.534. The normalized spacial score (nSPS) is 21.5. The van der Waals surface area contributed by atoms with Crippen LogP contribution in [0.25, 0.3) is 0 Å². The molecule has 28 heavy (non-hydrogen) atoms. The molecule has 0 amide bonds. The van der Waals surface area contributed by atoms with Gasteiger partial charge in [-0.1, -0.05) is 12.1 Å². The quantitative estimate of drug-likeness (QED) is 0.722. The molecule has 0 radical (unpaired) electrons. The standard InChI is InChI=1S/C19H22FNO5S2/c1-26-16-6-8-17(9-7-16)28(24,25)19-13-27(22,23)12-18(19)21-11-10-14-2-4-15(20)5-3-14/h2-9,18-19,21H,10-13H2,1H3/t18-,19-/m0/s1. The smallest absolute Gasteiger partial charge is 0.183 e. The first-order valence-electron chi connectivity index (χ1n) is 8.77. The Bertz CT molecular complexity index is 1020. The largest absolute Gasteiger partial charge is 0.497 e. The Morgan fingerprint density at radius 2 is 1.71 bits per heavy atom. The minimum atomic E-state index is -3.83. The van der Waals surface area contributed by atoms with Crippen molar-refractivity contribution >= 4 is 19.7 Å². The van der Waals surface area contributed by atoms with E-state index in [4.69, 9.17) is 4.74 Å². The molecule has 1 aliphatic rings. The maximum Gasteiger partial charge on any atom is 0.183 e. The average Bonchev–Trinajstić information content (AvgIpc) is 2.99. The van der Waals surface area contributed by atoms with Gasteiger partial charge in [0.05, 0.1) is 28.8 Å². The molecule has 2 atom stereocenters. The highest BCUT2D eigenvalue weighted by molar-refractivity contribution is 7.96. The summed E-state index contributed by atoms with van der Waals surface area (Å²) in [5, 5.41) is 2.02. The number of methoxy groups -OCH3 is 1. The maximum atomic E-state index is 13.0. The first-order chi connectivity index (χ1) is 13.2. The topological polar surface area (TPSA) is 89.5 Å². The lowest BCUT2D eigenvalue weighted by atomic mass is 10.1. The predicted molar refractivity (Wildman–Crippen MR) is 105 cm³/mol. The molecule has 1 N–H and O–H groups in total. The monoisotopic (exact) mass is 427 g/mol. The van der Waals surface area contributed by atoms with Gasteiger partial charge in [-0.05, 0) is 54.9 Å². The zero-order valence-electron chi connectivity index (χ0n) is 15.3. The number of hydrogen-bond acceptors (Lipinski definition) is 6. The molecule has 1 heterocycles. The lowest BCUT2D eigenvalue weighted by molar-refractivity contribution is 0.414. The summed E-state index contributed by atoms with van der Waals surface area (Å²) >= 11 is 0. The number of hydrogen-bond donors (Lipinski definition) is 1. The SMILES string of the molecule is COc1ccc(S(=O)(=O)[C@H]2CS(=O)(=O)C[C@@H]2NCCc2ccc(F)cc2)cc1. The molecular formula is C19H22FNO5S2. The summed E-state index contributed by atoms with van der Waals surface area (Å²) < 4.78 is 68.3. The van der Waals surface area contributed by atoms with Gasteiger partial charge in [0.15, 0.2) is 19.7 Å². The minimum Gasteiger partial charge on any atom is -0.497 e. The molecular weight excluding hydrogens is 405 g/mol. The Morgan fingerprint density at radius 3 is 2.32 bits per heavy atom. The van der Waals surface area contributed by atoms with E-state index in [1.54, 1.807) is 12.1 Å². The molecule has 1 saturated heterocycles. The van der Waals surface area contributed by atoms with Crippen LogP contribution >= 0.6 is 0 Å². The van der Waals surface area contributed by atoms with Crippen molar-refractivity contribution in [3.63, 3.8) is 0 Å². The predicted octanol–water partition coefficient (Wildman–Crippen LogP) is 1.61. The van der Waals surface area contributed by atoms with Crippen LogP contribution in [-0.2, 0) is 26.1 Å². The van der Waals surface area contributed by atoms with E-state index in [9.17, 15) is 21.2 Å². The lowest BCUT2D eigenvalue weighted by Crippen LogP contribution is -2.44. The van der Waals surface area contributed by atoms with Crippen LogP contribution in [0.4, 0.5) is 4.39 Å². The Hall–Kier alpha value is -1.97. The van der Waals surface area contributed by atoms with Gasteiger partial charge in [0.1, 0.15) is 11.6 Å². The summed E-state index contributed by atoms with van der Waals surface area (Å²) in [6, 6.07) is 11.2. The van der Waals surface area contributed by atoms with Crippen LogP contribution in [0, 0.1) is 5.82 Å². The van der Waals surface area contributed by atoms with E-state index in [1.165, 1.54) is 43.5 Å². The van der Waals surface area contributed by atoms with Crippen molar-refractivity contribution in [3.05, 3.63) is 59.9 Å². The van der Waals surface area contributed by atoms with E-state index >= 15 is 0 Å². The molecule has 0 bridgehead atoms. The summed E-state index contributed by atoms with van der Waals surface area (Å²) in [4.78, 5) is 0.0701. The second kappa shape index (κ2) is 8.18. The van der Waals surface area contributed by atoms with Gasteiger partial charge >= 0.3 is 0 Å². The fourth-order valence-electron chi connectivity index (χ4n) is 3.30. The molecule has 152 valence electrons. The molecule has 0 unspecified atom stereocenters. The second-order valence-electron chi connectivity index (χ2n) is 6.77. The van der Waals surface area contributed by atoms with Crippen LogP contribution in [0.15, 0.2) is 53.4 Å². The third-order valence-electron chi connectivity index (χ3n) is 4.82. The van der Waals surface area contributed by atoms with Crippen LogP contribution in [0.5, 0.6) is 5.75 Å². The van der Waals surface area contributed by atoms with Crippen LogP contribution < -0.4 is 10.1 Å². The molecule has 3 rings (SSSR count). The van der Waals surface area contributed by atoms with Gasteiger partial charge in [-0.15, -0.1) is 0 Å². The second-order valence-corrected chi connectivity index (χ2v) is 11.1. The van der Waals surface area contributed by atoms with E-state index < -0.39 is 36.7 Å². The Labute approximate surface area is 164 Å². The first-order valence-corrected chi connectivity index (χ1v) is 12.1. The zero-order chi connectivity index (χ0) is 20.4. The fourth-order valence-corrected chi connectivity index (χ4v) is 8.02. The number of ether oxygens (including phenoxy) is 1. The number of benzene rings is 2. The highest BCUT2D eigenvalue weighted by Crippen LogP contribution is 2.27. The first kappa shape index (κ1) is 20.8. The highest BCUT2D eigenvalue weighted by Gasteiger charge is 2.45. The van der Waals surface area contributed by atoms with E-state index in [0.717, 1.165) is 5.56 Å². The van der Waals surface area contributed by atoms with Crippen LogP contribution in [0.2, 0.25) is 0 Å². The van der Waals surface area contributed by atoms with Gasteiger partial charge in [0.2, 0.25) is 0 Å². The lowest BCUT2D eigenvalue weighted by Gasteiger charge is -2.20. The molecule has 1 aliphatic heterocycles. The Kier molecular flexibility index (Phi) is 6.07. The van der Waals surface area contributed by atoms with Gasteiger partial charge < -0.3 is 10.1 Å². The van der Waals surface area contributed by atoms with Crippen molar-refractivity contribution in [1.82, 2.24) is 5.32 Å². The van der Waals surface area contributed by atoms with Crippen LogP contribution in [0.1, 0.15) is 5.56 Å². The van der Waals surface area contributed by atoms with Gasteiger partial charge in [-0.2, -0.15) is 0 Å². The molecule has 2 aromatic carbocycles. The molecule has 9 heteroatoms. The Balaban J connectivity index is 1.74. The average molecular weight is 428 g/mol. The highest BCUT2D eigenvalue weighted by atomic mass is 32.2. The van der Waals surface area contributed by atoms with E-state index in [-0.39, 0.29) is 16.5 Å². The minimum absolute atomic E-state index is 0.0701. The van der Waals surface area contributed by atoms with E-state index in [2.05, 4.69) is 5.32 Å².